The van der Waals surface area contributed by atoms with Gasteiger partial charge in [0.2, 0.25) is 0 Å². The van der Waals surface area contributed by atoms with Crippen molar-refractivity contribution in [3.8, 4) is 0 Å². The molecular formula is C15H25N. The average Bonchev–Trinajstić information content (AvgIpc) is 2.23. The van der Waals surface area contributed by atoms with Gasteiger partial charge in [0, 0.05) is 6.04 Å². The van der Waals surface area contributed by atoms with Crippen LogP contribution in [0.25, 0.3) is 0 Å². The van der Waals surface area contributed by atoms with Crippen LogP contribution in [0.3, 0.4) is 0 Å². The van der Waals surface area contributed by atoms with E-state index in [1.807, 2.05) is 0 Å². The molecule has 0 heterocycles. The second-order valence-electron chi connectivity index (χ2n) is 4.81. The van der Waals surface area contributed by atoms with Crippen LogP contribution in [0.1, 0.15) is 49.3 Å². The van der Waals surface area contributed by atoms with Gasteiger partial charge in [-0.2, -0.15) is 0 Å². The van der Waals surface area contributed by atoms with Crippen LogP contribution >= 0.6 is 0 Å². The van der Waals surface area contributed by atoms with Crippen LogP contribution in [0.15, 0.2) is 18.2 Å². The quantitative estimate of drug-likeness (QED) is 0.774. The van der Waals surface area contributed by atoms with E-state index in [9.17, 15) is 0 Å². The first-order valence-electron chi connectivity index (χ1n) is 6.45. The molecule has 0 aliphatic carbocycles. The van der Waals surface area contributed by atoms with Crippen molar-refractivity contribution in [2.75, 3.05) is 0 Å². The number of rotatable bonds is 6. The summed E-state index contributed by atoms with van der Waals surface area (Å²) in [7, 11) is 0. The van der Waals surface area contributed by atoms with Crippen molar-refractivity contribution in [2.45, 2.75) is 58.9 Å². The average molecular weight is 219 g/mol. The fourth-order valence-electron chi connectivity index (χ4n) is 2.30. The first kappa shape index (κ1) is 13.2. The molecule has 0 saturated heterocycles. The Kier molecular flexibility index (Phi) is 5.54. The Labute approximate surface area is 100 Å². The Morgan fingerprint density at radius 2 is 1.75 bits per heavy atom. The van der Waals surface area contributed by atoms with Gasteiger partial charge in [-0.25, -0.2) is 0 Å². The van der Waals surface area contributed by atoms with Crippen LogP contribution in [0, 0.1) is 13.8 Å². The SMILES string of the molecule is CCCC(N)CCCc1c(C)cccc1C. The first-order valence-corrected chi connectivity index (χ1v) is 6.45. The smallest absolute Gasteiger partial charge is 0.00388 e. The van der Waals surface area contributed by atoms with Crippen LogP contribution in [0.5, 0.6) is 0 Å². The Morgan fingerprint density at radius 1 is 1.12 bits per heavy atom. The summed E-state index contributed by atoms with van der Waals surface area (Å²) in [4.78, 5) is 0. The molecule has 1 rings (SSSR count). The molecular weight excluding hydrogens is 194 g/mol. The van der Waals surface area contributed by atoms with E-state index in [4.69, 9.17) is 5.73 Å². The number of aryl methyl sites for hydroxylation is 2. The molecule has 0 fully saturated rings. The van der Waals surface area contributed by atoms with Gasteiger partial charge in [-0.05, 0) is 56.2 Å². The molecule has 0 aromatic heterocycles. The lowest BCUT2D eigenvalue weighted by Gasteiger charge is -2.12. The third-order valence-corrected chi connectivity index (χ3v) is 3.31. The monoisotopic (exact) mass is 219 g/mol. The maximum atomic E-state index is 6.02. The summed E-state index contributed by atoms with van der Waals surface area (Å²) in [6, 6.07) is 6.94. The van der Waals surface area contributed by atoms with Gasteiger partial charge in [0.1, 0.15) is 0 Å². The molecule has 1 aromatic carbocycles. The Morgan fingerprint density at radius 3 is 2.31 bits per heavy atom. The summed E-state index contributed by atoms with van der Waals surface area (Å²) in [6.45, 7) is 6.61. The van der Waals surface area contributed by atoms with Gasteiger partial charge >= 0.3 is 0 Å². The summed E-state index contributed by atoms with van der Waals surface area (Å²) >= 11 is 0. The summed E-state index contributed by atoms with van der Waals surface area (Å²) in [5.74, 6) is 0. The molecule has 1 nitrogen and oxygen atoms in total. The fourth-order valence-corrected chi connectivity index (χ4v) is 2.30. The molecule has 1 atom stereocenters. The molecule has 0 aliphatic rings. The number of nitrogens with two attached hydrogens (primary N) is 1. The zero-order chi connectivity index (χ0) is 12.0. The second kappa shape index (κ2) is 6.70. The fraction of sp³-hybridized carbons (Fsp3) is 0.600. The van der Waals surface area contributed by atoms with Gasteiger partial charge in [0.25, 0.3) is 0 Å². The molecule has 0 radical (unpaired) electrons. The van der Waals surface area contributed by atoms with Crippen molar-refractivity contribution in [2.24, 2.45) is 5.73 Å². The second-order valence-corrected chi connectivity index (χ2v) is 4.81. The van der Waals surface area contributed by atoms with Crippen molar-refractivity contribution in [1.82, 2.24) is 0 Å². The lowest BCUT2D eigenvalue weighted by Crippen LogP contribution is -2.19. The molecule has 0 aliphatic heterocycles. The Hall–Kier alpha value is -0.820. The van der Waals surface area contributed by atoms with E-state index in [0.717, 1.165) is 12.8 Å². The summed E-state index contributed by atoms with van der Waals surface area (Å²) in [6.07, 6.45) is 5.90. The van der Waals surface area contributed by atoms with Gasteiger partial charge in [0.15, 0.2) is 0 Å². The van der Waals surface area contributed by atoms with Crippen LogP contribution in [0.2, 0.25) is 0 Å². The topological polar surface area (TPSA) is 26.0 Å². The Balaban J connectivity index is 2.43. The van der Waals surface area contributed by atoms with E-state index >= 15 is 0 Å². The summed E-state index contributed by atoms with van der Waals surface area (Å²) in [5, 5.41) is 0. The third kappa shape index (κ3) is 3.97. The number of hydrogen-bond acceptors (Lipinski definition) is 1. The largest absolute Gasteiger partial charge is 0.328 e. The van der Waals surface area contributed by atoms with Crippen molar-refractivity contribution < 1.29 is 0 Å². The van der Waals surface area contributed by atoms with E-state index in [2.05, 4.69) is 39.0 Å². The predicted molar refractivity (Wildman–Crippen MR) is 71.7 cm³/mol. The van der Waals surface area contributed by atoms with Crippen molar-refractivity contribution in [1.29, 1.82) is 0 Å². The predicted octanol–water partition coefficient (Wildman–Crippen LogP) is 3.75. The number of hydrogen-bond donors (Lipinski definition) is 1. The van der Waals surface area contributed by atoms with Gasteiger partial charge in [-0.1, -0.05) is 31.5 Å². The highest BCUT2D eigenvalue weighted by atomic mass is 14.6. The highest BCUT2D eigenvalue weighted by molar-refractivity contribution is 5.33. The molecule has 1 heteroatoms. The van der Waals surface area contributed by atoms with Gasteiger partial charge < -0.3 is 5.73 Å². The van der Waals surface area contributed by atoms with Gasteiger partial charge in [-0.15, -0.1) is 0 Å². The van der Waals surface area contributed by atoms with E-state index in [0.29, 0.717) is 6.04 Å². The van der Waals surface area contributed by atoms with Crippen LogP contribution in [-0.4, -0.2) is 6.04 Å². The molecule has 0 bridgehead atoms. The lowest BCUT2D eigenvalue weighted by molar-refractivity contribution is 0.539. The van der Waals surface area contributed by atoms with E-state index in [1.54, 1.807) is 0 Å². The maximum Gasteiger partial charge on any atom is 0.00388 e. The minimum atomic E-state index is 0.398. The molecule has 1 unspecified atom stereocenters. The summed E-state index contributed by atoms with van der Waals surface area (Å²) in [5.41, 5.74) is 10.4. The molecule has 0 amide bonds. The van der Waals surface area contributed by atoms with Crippen LogP contribution in [-0.2, 0) is 6.42 Å². The standard InChI is InChI=1S/C15H25N/c1-4-7-14(16)10-6-11-15-12(2)8-5-9-13(15)3/h5,8-9,14H,4,6-7,10-11,16H2,1-3H3. The van der Waals surface area contributed by atoms with Gasteiger partial charge in [0.05, 0.1) is 0 Å². The maximum absolute atomic E-state index is 6.02. The van der Waals surface area contributed by atoms with Crippen LogP contribution in [0.4, 0.5) is 0 Å². The molecule has 2 N–H and O–H groups in total. The Bertz CT molecular complexity index is 297. The molecule has 1 aromatic rings. The highest BCUT2D eigenvalue weighted by Crippen LogP contribution is 2.16. The minimum absolute atomic E-state index is 0.398. The van der Waals surface area contributed by atoms with Crippen molar-refractivity contribution in [3.63, 3.8) is 0 Å². The summed E-state index contributed by atoms with van der Waals surface area (Å²) < 4.78 is 0. The molecule has 90 valence electrons. The van der Waals surface area contributed by atoms with E-state index in [1.165, 1.54) is 36.0 Å². The van der Waals surface area contributed by atoms with Gasteiger partial charge in [-0.3, -0.25) is 0 Å². The molecule has 0 saturated carbocycles. The number of benzene rings is 1. The third-order valence-electron chi connectivity index (χ3n) is 3.31. The molecule has 16 heavy (non-hydrogen) atoms. The normalized spacial score (nSPS) is 12.8. The van der Waals surface area contributed by atoms with E-state index in [-0.39, 0.29) is 0 Å². The van der Waals surface area contributed by atoms with Crippen LogP contribution < -0.4 is 5.73 Å². The van der Waals surface area contributed by atoms with E-state index < -0.39 is 0 Å². The van der Waals surface area contributed by atoms with Crippen molar-refractivity contribution in [3.05, 3.63) is 34.9 Å². The zero-order valence-corrected chi connectivity index (χ0v) is 10.9. The van der Waals surface area contributed by atoms with Crippen molar-refractivity contribution >= 4 is 0 Å². The first-order chi connectivity index (χ1) is 7.65. The molecule has 0 spiro atoms. The lowest BCUT2D eigenvalue weighted by atomic mass is 9.96. The highest BCUT2D eigenvalue weighted by Gasteiger charge is 2.04. The minimum Gasteiger partial charge on any atom is -0.328 e. The zero-order valence-electron chi connectivity index (χ0n) is 10.9.